The van der Waals surface area contributed by atoms with E-state index in [1.54, 1.807) is 0 Å². The Labute approximate surface area is 128 Å². The predicted molar refractivity (Wildman–Crippen MR) is 83.5 cm³/mol. The monoisotopic (exact) mass is 340 g/mol. The van der Waals surface area contributed by atoms with Gasteiger partial charge in [-0.25, -0.2) is 0 Å². The van der Waals surface area contributed by atoms with Crippen LogP contribution >= 0.6 is 15.9 Å². The molecule has 0 radical (unpaired) electrons. The molecule has 0 spiro atoms. The Morgan fingerprint density at radius 3 is 2.90 bits per heavy atom. The largest absolute Gasteiger partial charge is 0.378 e. The number of primary amides is 1. The summed E-state index contributed by atoms with van der Waals surface area (Å²) in [5.74, 6) is 0.0461. The maximum absolute atomic E-state index is 12.0. The Kier molecular flexibility index (Phi) is 4.70. The van der Waals surface area contributed by atoms with Gasteiger partial charge in [-0.3, -0.25) is 4.79 Å². The molecule has 1 aromatic carbocycles. The molecule has 2 atom stereocenters. The lowest BCUT2D eigenvalue weighted by atomic mass is 9.82. The van der Waals surface area contributed by atoms with Gasteiger partial charge in [-0.1, -0.05) is 35.8 Å². The SMILES string of the molecule is CC(C)C1CC(Nc2cccc(Br)c2)(C(N)=O)CCO1. The molecule has 3 N–H and O–H groups in total. The van der Waals surface area contributed by atoms with Crippen LogP contribution < -0.4 is 11.1 Å². The molecular weight excluding hydrogens is 320 g/mol. The fourth-order valence-corrected chi connectivity index (χ4v) is 2.96. The van der Waals surface area contributed by atoms with Crippen molar-refractivity contribution in [3.8, 4) is 0 Å². The van der Waals surface area contributed by atoms with Gasteiger partial charge in [-0.15, -0.1) is 0 Å². The lowest BCUT2D eigenvalue weighted by molar-refractivity contribution is -0.128. The molecule has 2 unspecified atom stereocenters. The van der Waals surface area contributed by atoms with Crippen molar-refractivity contribution in [3.63, 3.8) is 0 Å². The van der Waals surface area contributed by atoms with E-state index in [4.69, 9.17) is 10.5 Å². The highest BCUT2D eigenvalue weighted by Gasteiger charge is 2.42. The van der Waals surface area contributed by atoms with Gasteiger partial charge in [0.25, 0.3) is 0 Å². The summed E-state index contributed by atoms with van der Waals surface area (Å²) in [5.41, 5.74) is 5.84. The van der Waals surface area contributed by atoms with Crippen molar-refractivity contribution in [3.05, 3.63) is 28.7 Å². The minimum atomic E-state index is -0.728. The number of rotatable bonds is 4. The molecule has 1 saturated heterocycles. The minimum Gasteiger partial charge on any atom is -0.378 e. The molecule has 1 aliphatic heterocycles. The van der Waals surface area contributed by atoms with Crippen LogP contribution in [0.3, 0.4) is 0 Å². The Balaban J connectivity index is 2.23. The number of hydrogen-bond acceptors (Lipinski definition) is 3. The summed E-state index contributed by atoms with van der Waals surface area (Å²) < 4.78 is 6.72. The van der Waals surface area contributed by atoms with Gasteiger partial charge in [-0.2, -0.15) is 0 Å². The molecule has 0 aromatic heterocycles. The first kappa shape index (κ1) is 15.3. The molecule has 0 saturated carbocycles. The van der Waals surface area contributed by atoms with Gasteiger partial charge in [0.2, 0.25) is 5.91 Å². The summed E-state index contributed by atoms with van der Waals surface area (Å²) in [6.45, 7) is 4.74. The second kappa shape index (κ2) is 6.14. The molecular formula is C15H21BrN2O2. The van der Waals surface area contributed by atoms with Gasteiger partial charge in [0.1, 0.15) is 5.54 Å². The highest BCUT2D eigenvalue weighted by Crippen LogP contribution is 2.32. The number of carbonyl (C=O) groups is 1. The molecule has 110 valence electrons. The van der Waals surface area contributed by atoms with Crippen molar-refractivity contribution in [2.24, 2.45) is 11.7 Å². The van der Waals surface area contributed by atoms with Crippen molar-refractivity contribution < 1.29 is 9.53 Å². The van der Waals surface area contributed by atoms with Crippen LogP contribution in [0.15, 0.2) is 28.7 Å². The second-order valence-corrected chi connectivity index (χ2v) is 6.60. The average Bonchev–Trinajstić information content (AvgIpc) is 2.38. The maximum Gasteiger partial charge on any atom is 0.243 e. The van der Waals surface area contributed by atoms with E-state index < -0.39 is 5.54 Å². The Bertz CT molecular complexity index is 493. The standard InChI is InChI=1S/C15H21BrN2O2/c1-10(2)13-9-15(14(17)19,6-7-20-13)18-12-5-3-4-11(16)8-12/h3-5,8,10,13,18H,6-7,9H2,1-2H3,(H2,17,19). The number of ether oxygens (including phenoxy) is 1. The first-order valence-corrected chi connectivity index (χ1v) is 7.67. The highest BCUT2D eigenvalue weighted by molar-refractivity contribution is 9.10. The summed E-state index contributed by atoms with van der Waals surface area (Å²) in [5, 5.41) is 3.33. The van der Waals surface area contributed by atoms with Crippen molar-refractivity contribution in [2.75, 3.05) is 11.9 Å². The third-order valence-electron chi connectivity index (χ3n) is 3.83. The van der Waals surface area contributed by atoms with Crippen molar-refractivity contribution >= 4 is 27.5 Å². The fourth-order valence-electron chi connectivity index (χ4n) is 2.56. The van der Waals surface area contributed by atoms with E-state index in [2.05, 4.69) is 35.1 Å². The van der Waals surface area contributed by atoms with E-state index in [-0.39, 0.29) is 12.0 Å². The summed E-state index contributed by atoms with van der Waals surface area (Å²) in [6, 6.07) is 7.77. The minimum absolute atomic E-state index is 0.0518. The Hall–Kier alpha value is -1.07. The zero-order chi connectivity index (χ0) is 14.8. The smallest absolute Gasteiger partial charge is 0.243 e. The van der Waals surface area contributed by atoms with Gasteiger partial charge in [0, 0.05) is 29.6 Å². The normalized spacial score (nSPS) is 26.5. The third kappa shape index (κ3) is 3.33. The molecule has 1 amide bonds. The first-order chi connectivity index (χ1) is 9.43. The topological polar surface area (TPSA) is 64.3 Å². The van der Waals surface area contributed by atoms with Crippen molar-refractivity contribution in [2.45, 2.75) is 38.3 Å². The van der Waals surface area contributed by atoms with E-state index >= 15 is 0 Å². The van der Waals surface area contributed by atoms with Crippen LogP contribution in [0, 0.1) is 5.92 Å². The van der Waals surface area contributed by atoms with Crippen molar-refractivity contribution in [1.29, 1.82) is 0 Å². The predicted octanol–water partition coefficient (Wildman–Crippen LogP) is 2.92. The average molecular weight is 341 g/mol. The summed E-state index contributed by atoms with van der Waals surface area (Å²) >= 11 is 3.44. The zero-order valence-corrected chi connectivity index (χ0v) is 13.4. The van der Waals surface area contributed by atoms with Gasteiger partial charge in [0.05, 0.1) is 6.10 Å². The maximum atomic E-state index is 12.0. The molecule has 0 bridgehead atoms. The van der Waals surface area contributed by atoms with E-state index in [1.165, 1.54) is 0 Å². The number of benzene rings is 1. The molecule has 1 heterocycles. The lowest BCUT2D eigenvalue weighted by Gasteiger charge is -2.41. The number of anilines is 1. The van der Waals surface area contributed by atoms with E-state index in [1.807, 2.05) is 24.3 Å². The van der Waals surface area contributed by atoms with E-state index in [9.17, 15) is 4.79 Å². The number of carbonyl (C=O) groups excluding carboxylic acids is 1. The molecule has 20 heavy (non-hydrogen) atoms. The second-order valence-electron chi connectivity index (χ2n) is 5.69. The van der Waals surface area contributed by atoms with E-state index in [0.717, 1.165) is 10.2 Å². The Morgan fingerprint density at radius 2 is 2.30 bits per heavy atom. The number of amides is 1. The molecule has 1 fully saturated rings. The molecule has 1 aliphatic rings. The highest BCUT2D eigenvalue weighted by atomic mass is 79.9. The Morgan fingerprint density at radius 1 is 1.55 bits per heavy atom. The first-order valence-electron chi connectivity index (χ1n) is 6.88. The van der Waals surface area contributed by atoms with Gasteiger partial charge >= 0.3 is 0 Å². The molecule has 2 rings (SSSR count). The zero-order valence-electron chi connectivity index (χ0n) is 11.9. The molecule has 4 nitrogen and oxygen atoms in total. The van der Waals surface area contributed by atoms with Crippen LogP contribution in [0.1, 0.15) is 26.7 Å². The number of halogens is 1. The summed E-state index contributed by atoms with van der Waals surface area (Å²) in [7, 11) is 0. The molecule has 5 heteroatoms. The van der Waals surface area contributed by atoms with Crippen LogP contribution in [0.2, 0.25) is 0 Å². The van der Waals surface area contributed by atoms with Gasteiger partial charge in [0.15, 0.2) is 0 Å². The van der Waals surface area contributed by atoms with E-state index in [0.29, 0.717) is 25.4 Å². The number of nitrogens with one attached hydrogen (secondary N) is 1. The van der Waals surface area contributed by atoms with Gasteiger partial charge < -0.3 is 15.8 Å². The number of hydrogen-bond donors (Lipinski definition) is 2. The summed E-state index contributed by atoms with van der Waals surface area (Å²) in [4.78, 5) is 12.0. The van der Waals surface area contributed by atoms with Crippen molar-refractivity contribution in [1.82, 2.24) is 0 Å². The van der Waals surface area contributed by atoms with Crippen LogP contribution in [-0.4, -0.2) is 24.2 Å². The van der Waals surface area contributed by atoms with Gasteiger partial charge in [-0.05, 0) is 24.1 Å². The molecule has 1 aromatic rings. The van der Waals surface area contributed by atoms with Crippen LogP contribution in [-0.2, 0) is 9.53 Å². The van der Waals surface area contributed by atoms with Crippen LogP contribution in [0.5, 0.6) is 0 Å². The summed E-state index contributed by atoms with van der Waals surface area (Å²) in [6.07, 6.45) is 1.25. The van der Waals surface area contributed by atoms with Crippen LogP contribution in [0.25, 0.3) is 0 Å². The lowest BCUT2D eigenvalue weighted by Crippen LogP contribution is -2.56. The molecule has 0 aliphatic carbocycles. The third-order valence-corrected chi connectivity index (χ3v) is 4.33. The van der Waals surface area contributed by atoms with Crippen LogP contribution in [0.4, 0.5) is 5.69 Å². The number of nitrogens with two attached hydrogens (primary N) is 1. The fraction of sp³-hybridized carbons (Fsp3) is 0.533. The quantitative estimate of drug-likeness (QED) is 0.885.